The maximum absolute atomic E-state index is 6.28. The maximum atomic E-state index is 6.28. The van der Waals surface area contributed by atoms with Gasteiger partial charge in [0.2, 0.25) is 0 Å². The Kier molecular flexibility index (Phi) is 7.66. The monoisotopic (exact) mass is 692 g/mol. The molecule has 0 saturated heterocycles. The number of ether oxygens (including phenoxy) is 1. The van der Waals surface area contributed by atoms with Crippen LogP contribution >= 0.6 is 67.8 Å². The summed E-state index contributed by atoms with van der Waals surface area (Å²) in [5.41, 5.74) is 1.18. The molecule has 25 heavy (non-hydrogen) atoms. The van der Waals surface area contributed by atoms with Gasteiger partial charge in [0.1, 0.15) is 5.75 Å². The third-order valence-corrected chi connectivity index (χ3v) is 11.2. The first-order chi connectivity index (χ1) is 11.5. The van der Waals surface area contributed by atoms with Crippen LogP contribution in [-0.2, 0) is 11.0 Å². The zero-order valence-corrected chi connectivity index (χ0v) is 22.6. The van der Waals surface area contributed by atoms with Crippen LogP contribution < -0.4 is 4.74 Å². The third kappa shape index (κ3) is 6.05. The van der Waals surface area contributed by atoms with Gasteiger partial charge < -0.3 is 9.16 Å². The Bertz CT molecular complexity index is 714. The molecule has 136 valence electrons. The predicted molar refractivity (Wildman–Crippen MR) is 133 cm³/mol. The second-order valence-electron chi connectivity index (χ2n) is 7.49. The molecule has 2 aromatic rings. The van der Waals surface area contributed by atoms with Crippen molar-refractivity contribution in [2.75, 3.05) is 0 Å². The van der Waals surface area contributed by atoms with Gasteiger partial charge in [0, 0.05) is 3.57 Å². The third-order valence-electron chi connectivity index (χ3n) is 4.51. The highest BCUT2D eigenvalue weighted by atomic mass is 127. The molecule has 6 heteroatoms. The predicted octanol–water partition coefficient (Wildman–Crippen LogP) is 7.81. The standard InChI is InChI=1S/C19H23I3O2Si/c1-19(2,3)25(4,5)23-12-13-6-8-15(9-7-13)24-18-16(21)10-14(20)11-17(18)22/h6-11H,12H2,1-5H3. The molecule has 2 nitrogen and oxygen atoms in total. The van der Waals surface area contributed by atoms with Crippen LogP contribution in [0.5, 0.6) is 11.5 Å². The average molecular weight is 692 g/mol. The van der Waals surface area contributed by atoms with E-state index in [9.17, 15) is 0 Å². The Morgan fingerprint density at radius 3 is 1.92 bits per heavy atom. The van der Waals surface area contributed by atoms with E-state index in [1.807, 2.05) is 12.1 Å². The second-order valence-corrected chi connectivity index (χ2v) is 15.9. The van der Waals surface area contributed by atoms with Gasteiger partial charge in [-0.1, -0.05) is 32.9 Å². The fourth-order valence-corrected chi connectivity index (χ4v) is 6.64. The molecule has 0 aromatic heterocycles. The average Bonchev–Trinajstić information content (AvgIpc) is 2.49. The zero-order chi connectivity index (χ0) is 18.8. The molecule has 0 N–H and O–H groups in total. The molecule has 0 saturated carbocycles. The van der Waals surface area contributed by atoms with Crippen molar-refractivity contribution in [1.29, 1.82) is 0 Å². The van der Waals surface area contributed by atoms with Crippen LogP contribution in [0.15, 0.2) is 36.4 Å². The van der Waals surface area contributed by atoms with Crippen LogP contribution in [0.2, 0.25) is 18.1 Å². The van der Waals surface area contributed by atoms with E-state index >= 15 is 0 Å². The summed E-state index contributed by atoms with van der Waals surface area (Å²) in [7, 11) is -1.72. The Morgan fingerprint density at radius 2 is 1.44 bits per heavy atom. The van der Waals surface area contributed by atoms with E-state index in [2.05, 4.69) is 126 Å². The smallest absolute Gasteiger partial charge is 0.192 e. The number of rotatable bonds is 5. The van der Waals surface area contributed by atoms with E-state index in [0.29, 0.717) is 6.61 Å². The molecule has 0 heterocycles. The summed E-state index contributed by atoms with van der Waals surface area (Å²) < 4.78 is 15.9. The van der Waals surface area contributed by atoms with Crippen LogP contribution in [0.3, 0.4) is 0 Å². The van der Waals surface area contributed by atoms with Crippen molar-refractivity contribution in [2.45, 2.75) is 45.5 Å². The molecular formula is C19H23I3O2Si. The van der Waals surface area contributed by atoms with Crippen LogP contribution in [0.25, 0.3) is 0 Å². The molecule has 0 bridgehead atoms. The summed E-state index contributed by atoms with van der Waals surface area (Å²) in [5.74, 6) is 1.78. The minimum atomic E-state index is -1.72. The summed E-state index contributed by atoms with van der Waals surface area (Å²) in [6.45, 7) is 12.0. The van der Waals surface area contributed by atoms with E-state index in [0.717, 1.165) is 18.6 Å². The molecule has 0 aliphatic rings. The first-order valence-corrected chi connectivity index (χ1v) is 14.2. The molecular weight excluding hydrogens is 669 g/mol. The molecule has 2 rings (SSSR count). The first-order valence-electron chi connectivity index (χ1n) is 8.05. The van der Waals surface area contributed by atoms with E-state index in [1.165, 1.54) is 9.13 Å². The first kappa shape index (κ1) is 21.9. The lowest BCUT2D eigenvalue weighted by Crippen LogP contribution is -2.40. The van der Waals surface area contributed by atoms with Crippen molar-refractivity contribution in [3.63, 3.8) is 0 Å². The van der Waals surface area contributed by atoms with Crippen molar-refractivity contribution >= 4 is 76.1 Å². The zero-order valence-electron chi connectivity index (χ0n) is 15.1. The lowest BCUT2D eigenvalue weighted by Gasteiger charge is -2.36. The van der Waals surface area contributed by atoms with Crippen molar-refractivity contribution in [1.82, 2.24) is 0 Å². The summed E-state index contributed by atoms with van der Waals surface area (Å²) in [4.78, 5) is 0. The molecule has 0 aliphatic heterocycles. The van der Waals surface area contributed by atoms with Gasteiger partial charge in [-0.05, 0) is 116 Å². The van der Waals surface area contributed by atoms with E-state index in [1.54, 1.807) is 0 Å². The topological polar surface area (TPSA) is 18.5 Å². The molecule has 0 spiro atoms. The number of benzene rings is 2. The van der Waals surface area contributed by atoms with Gasteiger partial charge in [0.25, 0.3) is 0 Å². The Hall–Kier alpha value is 0.607. The summed E-state index contributed by atoms with van der Waals surface area (Å²) in [6.07, 6.45) is 0. The van der Waals surface area contributed by atoms with E-state index in [4.69, 9.17) is 9.16 Å². The van der Waals surface area contributed by atoms with Gasteiger partial charge in [-0.3, -0.25) is 0 Å². The fourth-order valence-electron chi connectivity index (χ4n) is 1.88. The minimum Gasteiger partial charge on any atom is -0.455 e. The second kappa shape index (κ2) is 8.74. The number of halogens is 3. The van der Waals surface area contributed by atoms with E-state index in [-0.39, 0.29) is 5.04 Å². The lowest BCUT2D eigenvalue weighted by atomic mass is 10.2. The van der Waals surface area contributed by atoms with Crippen molar-refractivity contribution in [2.24, 2.45) is 0 Å². The SMILES string of the molecule is CC(C)(C)[Si](C)(C)OCc1ccc(Oc2c(I)cc(I)cc2I)cc1. The number of hydrogen-bond donors (Lipinski definition) is 0. The van der Waals surface area contributed by atoms with Crippen LogP contribution in [0.4, 0.5) is 0 Å². The molecule has 0 aliphatic carbocycles. The highest BCUT2D eigenvalue weighted by Crippen LogP contribution is 2.37. The fraction of sp³-hybridized carbons (Fsp3) is 0.368. The van der Waals surface area contributed by atoms with E-state index < -0.39 is 8.32 Å². The molecule has 0 unspecified atom stereocenters. The van der Waals surface area contributed by atoms with Crippen LogP contribution in [-0.4, -0.2) is 8.32 Å². The molecule has 2 aromatic carbocycles. The van der Waals surface area contributed by atoms with Crippen molar-refractivity contribution < 1.29 is 9.16 Å². The summed E-state index contributed by atoms with van der Waals surface area (Å²) in [6, 6.07) is 12.5. The van der Waals surface area contributed by atoms with Gasteiger partial charge in [0.05, 0.1) is 13.7 Å². The maximum Gasteiger partial charge on any atom is 0.192 e. The highest BCUT2D eigenvalue weighted by molar-refractivity contribution is 14.1. The van der Waals surface area contributed by atoms with Crippen LogP contribution in [0, 0.1) is 10.7 Å². The number of hydrogen-bond acceptors (Lipinski definition) is 2. The molecule has 0 atom stereocenters. The highest BCUT2D eigenvalue weighted by Gasteiger charge is 2.36. The van der Waals surface area contributed by atoms with Gasteiger partial charge in [-0.15, -0.1) is 0 Å². The summed E-state index contributed by atoms with van der Waals surface area (Å²) in [5, 5.41) is 0.230. The summed E-state index contributed by atoms with van der Waals surface area (Å²) >= 11 is 6.98. The van der Waals surface area contributed by atoms with Gasteiger partial charge in [-0.25, -0.2) is 0 Å². The largest absolute Gasteiger partial charge is 0.455 e. The van der Waals surface area contributed by atoms with Gasteiger partial charge in [0.15, 0.2) is 14.1 Å². The minimum absolute atomic E-state index is 0.230. The molecule has 0 radical (unpaired) electrons. The van der Waals surface area contributed by atoms with Gasteiger partial charge >= 0.3 is 0 Å². The molecule has 0 fully saturated rings. The molecule has 0 amide bonds. The Labute approximate surface area is 193 Å². The lowest BCUT2D eigenvalue weighted by molar-refractivity contribution is 0.276. The Morgan fingerprint density at radius 1 is 0.920 bits per heavy atom. The van der Waals surface area contributed by atoms with Crippen molar-refractivity contribution in [3.05, 3.63) is 52.7 Å². The Balaban J connectivity index is 2.06. The quantitative estimate of drug-likeness (QED) is 0.235. The van der Waals surface area contributed by atoms with Crippen molar-refractivity contribution in [3.8, 4) is 11.5 Å². The van der Waals surface area contributed by atoms with Gasteiger partial charge in [-0.2, -0.15) is 0 Å². The normalized spacial score (nSPS) is 12.3. The van der Waals surface area contributed by atoms with Crippen LogP contribution in [0.1, 0.15) is 26.3 Å².